The highest BCUT2D eigenvalue weighted by Gasteiger charge is 2.14. The fraction of sp³-hybridized carbons (Fsp3) is 0.143. The number of hydrogen-bond donors (Lipinski definition) is 0. The van der Waals surface area contributed by atoms with Crippen LogP contribution in [-0.4, -0.2) is 0 Å². The molecule has 0 N–H and O–H groups in total. The van der Waals surface area contributed by atoms with Crippen LogP contribution < -0.4 is 0 Å². The molecule has 0 radical (unpaired) electrons. The van der Waals surface area contributed by atoms with Crippen molar-refractivity contribution in [3.05, 3.63) is 70.3 Å². The third-order valence-electron chi connectivity index (χ3n) is 2.70. The highest BCUT2D eigenvalue weighted by atomic mass is 19.2. The standard InChI is InChI=1S/C14H8F6O/c15-7-1-11(17)9(12(18)2-7)5-21-6-10-13(19)3-8(16)4-14(10)20/h1-4H,5-6H2. The Hall–Kier alpha value is -2.02. The molecular weight excluding hydrogens is 298 g/mol. The van der Waals surface area contributed by atoms with Gasteiger partial charge in [0, 0.05) is 35.4 Å². The van der Waals surface area contributed by atoms with Gasteiger partial charge in [0.15, 0.2) is 0 Å². The van der Waals surface area contributed by atoms with E-state index in [0.29, 0.717) is 24.3 Å². The molecule has 0 aliphatic rings. The van der Waals surface area contributed by atoms with E-state index in [0.717, 1.165) is 0 Å². The van der Waals surface area contributed by atoms with Crippen LogP contribution >= 0.6 is 0 Å². The second-order valence-corrected chi connectivity index (χ2v) is 4.19. The van der Waals surface area contributed by atoms with E-state index in [1.807, 2.05) is 0 Å². The van der Waals surface area contributed by atoms with E-state index in [-0.39, 0.29) is 0 Å². The van der Waals surface area contributed by atoms with Gasteiger partial charge in [0.25, 0.3) is 0 Å². The van der Waals surface area contributed by atoms with E-state index in [9.17, 15) is 26.3 Å². The van der Waals surface area contributed by atoms with Crippen molar-refractivity contribution in [2.75, 3.05) is 0 Å². The summed E-state index contributed by atoms with van der Waals surface area (Å²) in [6, 6.07) is 1.84. The summed E-state index contributed by atoms with van der Waals surface area (Å²) < 4.78 is 83.3. The lowest BCUT2D eigenvalue weighted by Crippen LogP contribution is -2.04. The van der Waals surface area contributed by atoms with Crippen LogP contribution in [0.3, 0.4) is 0 Å². The van der Waals surface area contributed by atoms with Gasteiger partial charge < -0.3 is 4.74 Å². The van der Waals surface area contributed by atoms with Crippen LogP contribution in [0.1, 0.15) is 11.1 Å². The van der Waals surface area contributed by atoms with Crippen LogP contribution in [0.25, 0.3) is 0 Å². The zero-order valence-corrected chi connectivity index (χ0v) is 10.4. The van der Waals surface area contributed by atoms with Gasteiger partial charge in [0.1, 0.15) is 34.9 Å². The predicted molar refractivity (Wildman–Crippen MR) is 61.1 cm³/mol. The van der Waals surface area contributed by atoms with Gasteiger partial charge in [-0.05, 0) is 0 Å². The monoisotopic (exact) mass is 306 g/mol. The minimum absolute atomic E-state index is 0.459. The van der Waals surface area contributed by atoms with Crippen LogP contribution in [-0.2, 0) is 18.0 Å². The molecule has 2 aromatic carbocycles. The molecule has 0 unspecified atom stereocenters. The van der Waals surface area contributed by atoms with Crippen molar-refractivity contribution in [1.29, 1.82) is 0 Å². The molecule has 0 atom stereocenters. The van der Waals surface area contributed by atoms with Gasteiger partial charge in [-0.25, -0.2) is 26.3 Å². The molecular formula is C14H8F6O. The SMILES string of the molecule is Fc1cc(F)c(COCc2c(F)cc(F)cc2F)c(F)c1. The summed E-state index contributed by atoms with van der Waals surface area (Å²) in [5.74, 6) is -6.88. The Morgan fingerprint density at radius 1 is 0.571 bits per heavy atom. The van der Waals surface area contributed by atoms with Gasteiger partial charge in [0.2, 0.25) is 0 Å². The van der Waals surface area contributed by atoms with Crippen molar-refractivity contribution in [3.8, 4) is 0 Å². The fourth-order valence-corrected chi connectivity index (χ4v) is 1.68. The van der Waals surface area contributed by atoms with Gasteiger partial charge in [-0.1, -0.05) is 0 Å². The molecule has 2 aromatic rings. The molecule has 21 heavy (non-hydrogen) atoms. The molecule has 0 aliphatic heterocycles. The summed E-state index contributed by atoms with van der Waals surface area (Å²) in [5, 5.41) is 0. The fourth-order valence-electron chi connectivity index (χ4n) is 1.68. The molecule has 0 bridgehead atoms. The van der Waals surface area contributed by atoms with Gasteiger partial charge in [-0.3, -0.25) is 0 Å². The molecule has 112 valence electrons. The largest absolute Gasteiger partial charge is 0.372 e. The molecule has 1 nitrogen and oxygen atoms in total. The lowest BCUT2D eigenvalue weighted by molar-refractivity contribution is 0.0973. The Morgan fingerprint density at radius 2 is 0.857 bits per heavy atom. The maximum atomic E-state index is 13.3. The first-order valence-corrected chi connectivity index (χ1v) is 5.73. The predicted octanol–water partition coefficient (Wildman–Crippen LogP) is 4.24. The molecule has 0 amide bonds. The second-order valence-electron chi connectivity index (χ2n) is 4.19. The van der Waals surface area contributed by atoms with E-state index < -0.39 is 59.2 Å². The molecule has 0 aliphatic carbocycles. The molecule has 0 aromatic heterocycles. The van der Waals surface area contributed by atoms with Gasteiger partial charge in [0.05, 0.1) is 13.2 Å². The minimum atomic E-state index is -1.17. The van der Waals surface area contributed by atoms with Crippen molar-refractivity contribution < 1.29 is 31.1 Å². The number of halogens is 6. The summed E-state index contributed by atoms with van der Waals surface area (Å²) in [4.78, 5) is 0. The van der Waals surface area contributed by atoms with Crippen LogP contribution in [0.2, 0.25) is 0 Å². The highest BCUT2D eigenvalue weighted by Crippen LogP contribution is 2.19. The summed E-state index contributed by atoms with van der Waals surface area (Å²) in [6.45, 7) is -1.32. The van der Waals surface area contributed by atoms with Crippen molar-refractivity contribution in [2.24, 2.45) is 0 Å². The first kappa shape index (κ1) is 15.4. The first-order chi connectivity index (χ1) is 9.88. The van der Waals surface area contributed by atoms with Crippen molar-refractivity contribution >= 4 is 0 Å². The van der Waals surface area contributed by atoms with Gasteiger partial charge in [-0.15, -0.1) is 0 Å². The van der Waals surface area contributed by atoms with Crippen molar-refractivity contribution in [3.63, 3.8) is 0 Å². The molecule has 0 spiro atoms. The average molecular weight is 306 g/mol. The van der Waals surface area contributed by atoms with Crippen LogP contribution in [0.5, 0.6) is 0 Å². The maximum absolute atomic E-state index is 13.3. The normalized spacial score (nSPS) is 11.0. The number of hydrogen-bond acceptors (Lipinski definition) is 1. The maximum Gasteiger partial charge on any atom is 0.134 e. The third-order valence-corrected chi connectivity index (χ3v) is 2.70. The quantitative estimate of drug-likeness (QED) is 0.768. The Balaban J connectivity index is 2.09. The summed E-state index contributed by atoms with van der Waals surface area (Å²) in [6.07, 6.45) is 0. The molecule has 0 heterocycles. The summed E-state index contributed by atoms with van der Waals surface area (Å²) >= 11 is 0. The smallest absolute Gasteiger partial charge is 0.134 e. The Kier molecular flexibility index (Phi) is 4.52. The molecule has 0 fully saturated rings. The first-order valence-electron chi connectivity index (χ1n) is 5.73. The summed E-state index contributed by atoms with van der Waals surface area (Å²) in [5.41, 5.74) is -1.14. The number of ether oxygens (including phenoxy) is 1. The summed E-state index contributed by atoms with van der Waals surface area (Å²) in [7, 11) is 0. The Labute approximate surface area is 115 Å². The van der Waals surface area contributed by atoms with Crippen LogP contribution in [0.4, 0.5) is 26.3 Å². The van der Waals surface area contributed by atoms with Gasteiger partial charge in [-0.2, -0.15) is 0 Å². The minimum Gasteiger partial charge on any atom is -0.372 e. The molecule has 0 saturated heterocycles. The Morgan fingerprint density at radius 3 is 1.14 bits per heavy atom. The average Bonchev–Trinajstić information content (AvgIpc) is 2.34. The molecule has 7 heteroatoms. The van der Waals surface area contributed by atoms with Gasteiger partial charge >= 0.3 is 0 Å². The van der Waals surface area contributed by atoms with E-state index >= 15 is 0 Å². The van der Waals surface area contributed by atoms with Crippen molar-refractivity contribution in [1.82, 2.24) is 0 Å². The second kappa shape index (κ2) is 6.17. The number of benzene rings is 2. The van der Waals surface area contributed by atoms with E-state index in [1.165, 1.54) is 0 Å². The highest BCUT2D eigenvalue weighted by molar-refractivity contribution is 5.21. The van der Waals surface area contributed by atoms with E-state index in [4.69, 9.17) is 4.74 Å². The molecule has 0 saturated carbocycles. The number of rotatable bonds is 4. The van der Waals surface area contributed by atoms with E-state index in [2.05, 4.69) is 0 Å². The topological polar surface area (TPSA) is 9.23 Å². The molecule has 2 rings (SSSR count). The third kappa shape index (κ3) is 3.55. The van der Waals surface area contributed by atoms with Crippen molar-refractivity contribution in [2.45, 2.75) is 13.2 Å². The Bertz CT molecular complexity index is 567. The zero-order valence-electron chi connectivity index (χ0n) is 10.4. The van der Waals surface area contributed by atoms with Crippen LogP contribution in [0, 0.1) is 34.9 Å². The van der Waals surface area contributed by atoms with E-state index in [1.54, 1.807) is 0 Å². The lowest BCUT2D eigenvalue weighted by Gasteiger charge is -2.08. The lowest BCUT2D eigenvalue weighted by atomic mass is 10.2. The van der Waals surface area contributed by atoms with Crippen LogP contribution in [0.15, 0.2) is 24.3 Å². The zero-order chi connectivity index (χ0) is 15.6.